The van der Waals surface area contributed by atoms with E-state index in [4.69, 9.17) is 18.9 Å². The maximum Gasteiger partial charge on any atom is 0.305 e. The molecule has 1 saturated carbocycles. The Kier molecular flexibility index (Phi) is 29.9. The number of carbonyl (C=O) groups excluding carboxylic acids is 5. The standard InChI is InChI=1S/C50H90O9/c1-9-17-22-40(13-5)36-56-44(51)26-32-49(33-27-45(52)57-37-41(14-6)23-18-10-2)30-21-31-50(48(49)55,34-28-46(53)58-38-42(15-7)24-19-11-3)35-29-47(54)59-39-43(16-8)25-20-12-4/h40-43H,9-39H2,1-8H3. The first-order valence-corrected chi connectivity index (χ1v) is 24.6. The van der Waals surface area contributed by atoms with Gasteiger partial charge in [-0.3, -0.25) is 24.0 Å². The Balaban J connectivity index is 3.39. The number of ether oxygens (including phenoxy) is 4. The number of unbranched alkanes of at least 4 members (excludes halogenated alkanes) is 4. The maximum absolute atomic E-state index is 15.3. The molecule has 0 aromatic rings. The van der Waals surface area contributed by atoms with E-state index in [9.17, 15) is 19.2 Å². The van der Waals surface area contributed by atoms with Crippen molar-refractivity contribution in [2.45, 2.75) is 229 Å². The lowest BCUT2D eigenvalue weighted by molar-refractivity contribution is -0.154. The highest BCUT2D eigenvalue weighted by Crippen LogP contribution is 2.53. The fourth-order valence-corrected chi connectivity index (χ4v) is 8.85. The third-order valence-corrected chi connectivity index (χ3v) is 13.6. The van der Waals surface area contributed by atoms with Crippen LogP contribution in [0, 0.1) is 34.5 Å². The van der Waals surface area contributed by atoms with E-state index in [0.717, 1.165) is 103 Å². The Morgan fingerprint density at radius 3 is 0.881 bits per heavy atom. The quantitative estimate of drug-likeness (QED) is 0.0448. The molecule has 4 atom stereocenters. The van der Waals surface area contributed by atoms with Gasteiger partial charge in [-0.1, -0.05) is 139 Å². The van der Waals surface area contributed by atoms with Gasteiger partial charge in [-0.15, -0.1) is 0 Å². The summed E-state index contributed by atoms with van der Waals surface area (Å²) in [5.74, 6) is -0.178. The first-order valence-electron chi connectivity index (χ1n) is 24.6. The van der Waals surface area contributed by atoms with E-state index in [-0.39, 0.29) is 81.0 Å². The number of hydrogen-bond donors (Lipinski definition) is 0. The fraction of sp³-hybridized carbons (Fsp3) is 0.900. The third-order valence-electron chi connectivity index (χ3n) is 13.6. The molecule has 1 fully saturated rings. The van der Waals surface area contributed by atoms with Crippen LogP contribution in [0.1, 0.15) is 229 Å². The van der Waals surface area contributed by atoms with Crippen molar-refractivity contribution in [2.75, 3.05) is 26.4 Å². The van der Waals surface area contributed by atoms with E-state index in [1.807, 2.05) is 0 Å². The second kappa shape index (κ2) is 32.3. The Hall–Kier alpha value is -2.45. The average molecular weight is 835 g/mol. The molecule has 9 heteroatoms. The summed E-state index contributed by atoms with van der Waals surface area (Å²) in [5, 5.41) is 0. The molecule has 0 spiro atoms. The Labute approximate surface area is 361 Å². The molecule has 1 aliphatic carbocycles. The molecule has 1 aliphatic rings. The molecule has 0 N–H and O–H groups in total. The summed E-state index contributed by atoms with van der Waals surface area (Å²) in [5.41, 5.74) is -1.99. The third kappa shape index (κ3) is 21.8. The van der Waals surface area contributed by atoms with E-state index < -0.39 is 10.8 Å². The number of esters is 4. The zero-order chi connectivity index (χ0) is 43.9. The zero-order valence-electron chi connectivity index (χ0n) is 39.4. The van der Waals surface area contributed by atoms with Crippen molar-refractivity contribution < 1.29 is 42.9 Å². The largest absolute Gasteiger partial charge is 0.465 e. The van der Waals surface area contributed by atoms with Gasteiger partial charge in [0.05, 0.1) is 26.4 Å². The lowest BCUT2D eigenvalue weighted by atomic mass is 9.55. The molecule has 1 rings (SSSR count). The fourth-order valence-electron chi connectivity index (χ4n) is 8.85. The number of rotatable bonds is 36. The molecule has 0 radical (unpaired) electrons. The molecule has 59 heavy (non-hydrogen) atoms. The molecular formula is C50H90O9. The minimum atomic E-state index is -0.996. The van der Waals surface area contributed by atoms with Gasteiger partial charge < -0.3 is 18.9 Å². The SMILES string of the molecule is CCCCC(CC)COC(=O)CCC1(CCC(=O)OCC(CC)CCCC)CCCC(CCC(=O)OCC(CC)CCCC)(CCC(=O)OCC(CC)CCCC)C1=O. The molecule has 0 heterocycles. The van der Waals surface area contributed by atoms with Gasteiger partial charge in [0.1, 0.15) is 5.78 Å². The van der Waals surface area contributed by atoms with Gasteiger partial charge in [-0.2, -0.15) is 0 Å². The Bertz CT molecular complexity index is 1010. The highest BCUT2D eigenvalue weighted by atomic mass is 16.5. The van der Waals surface area contributed by atoms with Crippen LogP contribution in [0.3, 0.4) is 0 Å². The second-order valence-electron chi connectivity index (χ2n) is 18.1. The minimum Gasteiger partial charge on any atom is -0.465 e. The molecule has 9 nitrogen and oxygen atoms in total. The highest BCUT2D eigenvalue weighted by Gasteiger charge is 2.53. The summed E-state index contributed by atoms with van der Waals surface area (Å²) < 4.78 is 23.2. The predicted octanol–water partition coefficient (Wildman–Crippen LogP) is 12.9. The van der Waals surface area contributed by atoms with Crippen LogP contribution < -0.4 is 0 Å². The highest BCUT2D eigenvalue weighted by molar-refractivity contribution is 5.92. The van der Waals surface area contributed by atoms with Crippen LogP contribution in [0.5, 0.6) is 0 Å². The summed E-state index contributed by atoms with van der Waals surface area (Å²) in [4.78, 5) is 68.7. The Morgan fingerprint density at radius 1 is 0.441 bits per heavy atom. The summed E-state index contributed by atoms with van der Waals surface area (Å²) in [7, 11) is 0. The molecule has 0 aromatic carbocycles. The van der Waals surface area contributed by atoms with Gasteiger partial charge in [-0.05, 0) is 87.9 Å². The van der Waals surface area contributed by atoms with Crippen molar-refractivity contribution in [3.63, 3.8) is 0 Å². The first kappa shape index (κ1) is 54.6. The van der Waals surface area contributed by atoms with Crippen molar-refractivity contribution in [3.8, 4) is 0 Å². The Morgan fingerprint density at radius 2 is 0.678 bits per heavy atom. The second-order valence-corrected chi connectivity index (χ2v) is 18.1. The van der Waals surface area contributed by atoms with Gasteiger partial charge in [0.25, 0.3) is 0 Å². The molecule has 0 aromatic heterocycles. The van der Waals surface area contributed by atoms with E-state index in [1.54, 1.807) is 0 Å². The lowest BCUT2D eigenvalue weighted by Crippen LogP contribution is -2.48. The molecule has 0 aliphatic heterocycles. The van der Waals surface area contributed by atoms with E-state index in [1.165, 1.54) is 0 Å². The van der Waals surface area contributed by atoms with Crippen LogP contribution in [0.25, 0.3) is 0 Å². The van der Waals surface area contributed by atoms with Crippen LogP contribution >= 0.6 is 0 Å². The van der Waals surface area contributed by atoms with Crippen molar-refractivity contribution in [3.05, 3.63) is 0 Å². The lowest BCUT2D eigenvalue weighted by Gasteiger charge is -2.47. The number of hydrogen-bond acceptors (Lipinski definition) is 9. The van der Waals surface area contributed by atoms with Gasteiger partial charge in [0, 0.05) is 36.5 Å². The molecule has 4 unspecified atom stereocenters. The van der Waals surface area contributed by atoms with Crippen molar-refractivity contribution in [2.24, 2.45) is 34.5 Å². The van der Waals surface area contributed by atoms with E-state index in [2.05, 4.69) is 55.4 Å². The van der Waals surface area contributed by atoms with Crippen LogP contribution in [0.15, 0.2) is 0 Å². The van der Waals surface area contributed by atoms with E-state index in [0.29, 0.717) is 69.4 Å². The van der Waals surface area contributed by atoms with Crippen molar-refractivity contribution >= 4 is 29.7 Å². The van der Waals surface area contributed by atoms with Crippen LogP contribution in [0.4, 0.5) is 0 Å². The minimum absolute atomic E-state index is 0.0510. The van der Waals surface area contributed by atoms with Crippen LogP contribution in [0.2, 0.25) is 0 Å². The summed E-state index contributed by atoms with van der Waals surface area (Å²) in [6, 6.07) is 0. The van der Waals surface area contributed by atoms with Gasteiger partial charge in [-0.25, -0.2) is 0 Å². The maximum atomic E-state index is 15.3. The molecule has 344 valence electrons. The molecule has 0 bridgehead atoms. The normalized spacial score (nSPS) is 20.0. The van der Waals surface area contributed by atoms with Crippen LogP contribution in [-0.2, 0) is 42.9 Å². The zero-order valence-corrected chi connectivity index (χ0v) is 39.4. The number of carbonyl (C=O) groups is 5. The summed E-state index contributed by atoms with van der Waals surface area (Å²) in [6.07, 6.45) is 19.4. The van der Waals surface area contributed by atoms with Gasteiger partial charge in [0.15, 0.2) is 0 Å². The molecule has 0 amide bonds. The summed E-state index contributed by atoms with van der Waals surface area (Å²) >= 11 is 0. The van der Waals surface area contributed by atoms with E-state index >= 15 is 4.79 Å². The summed E-state index contributed by atoms with van der Waals surface area (Å²) in [6.45, 7) is 18.5. The van der Waals surface area contributed by atoms with Crippen molar-refractivity contribution in [1.82, 2.24) is 0 Å². The smallest absolute Gasteiger partial charge is 0.305 e. The monoisotopic (exact) mass is 835 g/mol. The number of Topliss-reactive ketones (excluding diaryl/α,β-unsaturated/α-hetero) is 1. The molecular weight excluding hydrogens is 745 g/mol. The average Bonchev–Trinajstić information content (AvgIpc) is 3.25. The predicted molar refractivity (Wildman–Crippen MR) is 238 cm³/mol. The van der Waals surface area contributed by atoms with Crippen LogP contribution in [-0.4, -0.2) is 56.1 Å². The topological polar surface area (TPSA) is 122 Å². The van der Waals surface area contributed by atoms with Gasteiger partial charge in [0.2, 0.25) is 0 Å². The molecule has 0 saturated heterocycles. The van der Waals surface area contributed by atoms with Gasteiger partial charge >= 0.3 is 23.9 Å². The first-order chi connectivity index (χ1) is 28.4. The number of ketones is 1. The van der Waals surface area contributed by atoms with Crippen molar-refractivity contribution in [1.29, 1.82) is 0 Å².